The van der Waals surface area contributed by atoms with Crippen molar-refractivity contribution in [1.29, 1.82) is 0 Å². The molecule has 0 saturated heterocycles. The van der Waals surface area contributed by atoms with E-state index in [2.05, 4.69) is 0 Å². The van der Waals surface area contributed by atoms with Crippen molar-refractivity contribution in [1.82, 2.24) is 0 Å². The number of rotatable bonds is 2. The number of para-hydroxylation sites is 1. The van der Waals surface area contributed by atoms with Gasteiger partial charge in [-0.1, -0.05) is 18.2 Å². The molecule has 1 aliphatic rings. The molecule has 0 fully saturated rings. The standard InChI is InChI=1S/C16H15NO4/c1-10-13(6-7-21-10)15(18)17-9-12(16(19)20)8-11-4-2-3-5-14(11)17/h2-7,12H,8-9H2,1H3,(H,19,20). The van der Waals surface area contributed by atoms with Gasteiger partial charge in [0.05, 0.1) is 17.7 Å². The Morgan fingerprint density at radius 3 is 2.71 bits per heavy atom. The van der Waals surface area contributed by atoms with Crippen molar-refractivity contribution < 1.29 is 19.1 Å². The number of hydrogen-bond acceptors (Lipinski definition) is 3. The fraction of sp³-hybridized carbons (Fsp3) is 0.250. The number of aryl methyl sites for hydroxylation is 1. The van der Waals surface area contributed by atoms with Crippen molar-refractivity contribution in [3.05, 3.63) is 53.5 Å². The average Bonchev–Trinajstić information content (AvgIpc) is 2.91. The Hall–Kier alpha value is -2.56. The van der Waals surface area contributed by atoms with Crippen molar-refractivity contribution in [2.24, 2.45) is 5.92 Å². The summed E-state index contributed by atoms with van der Waals surface area (Å²) in [5, 5.41) is 9.29. The van der Waals surface area contributed by atoms with E-state index in [0.29, 0.717) is 17.7 Å². The van der Waals surface area contributed by atoms with Gasteiger partial charge in [-0.25, -0.2) is 0 Å². The monoisotopic (exact) mass is 285 g/mol. The highest BCUT2D eigenvalue weighted by molar-refractivity contribution is 6.07. The average molecular weight is 285 g/mol. The van der Waals surface area contributed by atoms with Crippen LogP contribution in [-0.4, -0.2) is 23.5 Å². The number of fused-ring (bicyclic) bond motifs is 1. The van der Waals surface area contributed by atoms with Crippen LogP contribution in [0.3, 0.4) is 0 Å². The number of carboxylic acids is 1. The Kier molecular flexibility index (Phi) is 3.25. The molecule has 1 unspecified atom stereocenters. The van der Waals surface area contributed by atoms with E-state index in [1.54, 1.807) is 13.0 Å². The summed E-state index contributed by atoms with van der Waals surface area (Å²) in [6, 6.07) is 9.04. The third-order valence-electron chi connectivity index (χ3n) is 3.84. The van der Waals surface area contributed by atoms with E-state index in [0.717, 1.165) is 11.3 Å². The Bertz CT molecular complexity index is 704. The summed E-state index contributed by atoms with van der Waals surface area (Å²) in [6.07, 6.45) is 1.91. The zero-order chi connectivity index (χ0) is 15.0. The number of hydrogen-bond donors (Lipinski definition) is 1. The lowest BCUT2D eigenvalue weighted by Gasteiger charge is -2.32. The molecule has 1 aliphatic heterocycles. The molecule has 1 aromatic carbocycles. The van der Waals surface area contributed by atoms with E-state index in [4.69, 9.17) is 4.42 Å². The molecule has 1 atom stereocenters. The van der Waals surface area contributed by atoms with Crippen molar-refractivity contribution in [2.45, 2.75) is 13.3 Å². The first-order valence-corrected chi connectivity index (χ1v) is 6.74. The van der Waals surface area contributed by atoms with Gasteiger partial charge in [-0.05, 0) is 31.0 Å². The molecule has 0 saturated carbocycles. The molecule has 0 aliphatic carbocycles. The molecule has 1 N–H and O–H groups in total. The highest BCUT2D eigenvalue weighted by Crippen LogP contribution is 2.31. The molecule has 108 valence electrons. The number of carboxylic acid groups (broad SMARTS) is 1. The summed E-state index contributed by atoms with van der Waals surface area (Å²) in [5.74, 6) is -1.16. The number of benzene rings is 1. The van der Waals surface area contributed by atoms with Crippen LogP contribution >= 0.6 is 0 Å². The molecular formula is C16H15NO4. The molecule has 5 nitrogen and oxygen atoms in total. The van der Waals surface area contributed by atoms with E-state index in [-0.39, 0.29) is 12.5 Å². The van der Waals surface area contributed by atoms with Gasteiger partial charge in [-0.2, -0.15) is 0 Å². The first-order valence-electron chi connectivity index (χ1n) is 6.74. The van der Waals surface area contributed by atoms with Crippen molar-refractivity contribution in [3.8, 4) is 0 Å². The van der Waals surface area contributed by atoms with Gasteiger partial charge in [0.15, 0.2) is 0 Å². The SMILES string of the molecule is Cc1occc1C(=O)N1CC(C(=O)O)Cc2ccccc21. The smallest absolute Gasteiger partial charge is 0.308 e. The number of aliphatic carboxylic acids is 1. The fourth-order valence-corrected chi connectivity index (χ4v) is 2.71. The largest absolute Gasteiger partial charge is 0.481 e. The minimum atomic E-state index is -0.883. The van der Waals surface area contributed by atoms with Crippen LogP contribution < -0.4 is 4.90 Å². The van der Waals surface area contributed by atoms with E-state index >= 15 is 0 Å². The van der Waals surface area contributed by atoms with Crippen molar-refractivity contribution >= 4 is 17.6 Å². The van der Waals surface area contributed by atoms with Gasteiger partial charge in [0, 0.05) is 12.2 Å². The van der Waals surface area contributed by atoms with Crippen LogP contribution in [0.4, 0.5) is 5.69 Å². The molecule has 2 aromatic rings. The summed E-state index contributed by atoms with van der Waals surface area (Å²) in [4.78, 5) is 25.6. The summed E-state index contributed by atoms with van der Waals surface area (Å²) < 4.78 is 5.17. The van der Waals surface area contributed by atoms with Gasteiger partial charge in [-0.15, -0.1) is 0 Å². The maximum atomic E-state index is 12.7. The van der Waals surface area contributed by atoms with Crippen LogP contribution in [0.5, 0.6) is 0 Å². The lowest BCUT2D eigenvalue weighted by molar-refractivity contribution is -0.141. The normalized spacial score (nSPS) is 17.4. The lowest BCUT2D eigenvalue weighted by atomic mass is 9.92. The third kappa shape index (κ3) is 2.31. The maximum Gasteiger partial charge on any atom is 0.308 e. The molecule has 0 bridgehead atoms. The molecule has 1 aromatic heterocycles. The number of anilines is 1. The van der Waals surface area contributed by atoms with Crippen molar-refractivity contribution in [2.75, 3.05) is 11.4 Å². The second kappa shape index (κ2) is 5.09. The molecule has 0 radical (unpaired) electrons. The van der Waals surface area contributed by atoms with E-state index in [1.165, 1.54) is 11.2 Å². The first kappa shape index (κ1) is 13.4. The molecular weight excluding hydrogens is 270 g/mol. The van der Waals surface area contributed by atoms with Gasteiger partial charge in [-0.3, -0.25) is 9.59 Å². The predicted molar refractivity (Wildman–Crippen MR) is 76.4 cm³/mol. The fourth-order valence-electron chi connectivity index (χ4n) is 2.71. The van der Waals surface area contributed by atoms with Crippen LogP contribution in [0.2, 0.25) is 0 Å². The van der Waals surface area contributed by atoms with Crippen LogP contribution in [0, 0.1) is 12.8 Å². The van der Waals surface area contributed by atoms with Crippen LogP contribution in [0.25, 0.3) is 0 Å². The van der Waals surface area contributed by atoms with Gasteiger partial charge in [0.2, 0.25) is 0 Å². The number of carbonyl (C=O) groups excluding carboxylic acids is 1. The van der Waals surface area contributed by atoms with E-state index in [9.17, 15) is 14.7 Å². The Morgan fingerprint density at radius 1 is 1.29 bits per heavy atom. The van der Waals surface area contributed by atoms with Crippen molar-refractivity contribution in [3.63, 3.8) is 0 Å². The number of carbonyl (C=O) groups is 2. The minimum absolute atomic E-state index is 0.176. The molecule has 21 heavy (non-hydrogen) atoms. The van der Waals surface area contributed by atoms with Gasteiger partial charge < -0.3 is 14.4 Å². The molecule has 2 heterocycles. The zero-order valence-corrected chi connectivity index (χ0v) is 11.6. The molecule has 1 amide bonds. The zero-order valence-electron chi connectivity index (χ0n) is 11.6. The lowest BCUT2D eigenvalue weighted by Crippen LogP contribution is -2.42. The second-order valence-corrected chi connectivity index (χ2v) is 5.17. The summed E-state index contributed by atoms with van der Waals surface area (Å²) in [7, 11) is 0. The van der Waals surface area contributed by atoms with E-state index < -0.39 is 11.9 Å². The number of nitrogens with zero attached hydrogens (tertiary/aromatic N) is 1. The topological polar surface area (TPSA) is 70.8 Å². The molecule has 3 rings (SSSR count). The Balaban J connectivity index is 2.02. The van der Waals surface area contributed by atoms with Crippen LogP contribution in [0.1, 0.15) is 21.7 Å². The highest BCUT2D eigenvalue weighted by atomic mass is 16.4. The maximum absolute atomic E-state index is 12.7. The summed E-state index contributed by atoms with van der Waals surface area (Å²) in [5.41, 5.74) is 2.13. The number of furan rings is 1. The van der Waals surface area contributed by atoms with Gasteiger partial charge >= 0.3 is 5.97 Å². The minimum Gasteiger partial charge on any atom is -0.481 e. The summed E-state index contributed by atoms with van der Waals surface area (Å²) in [6.45, 7) is 1.90. The van der Waals surface area contributed by atoms with Crippen LogP contribution in [-0.2, 0) is 11.2 Å². The predicted octanol–water partition coefficient (Wildman–Crippen LogP) is 2.49. The van der Waals surface area contributed by atoms with Crippen LogP contribution in [0.15, 0.2) is 41.0 Å². The Morgan fingerprint density at radius 2 is 2.05 bits per heavy atom. The number of amides is 1. The summed E-state index contributed by atoms with van der Waals surface area (Å²) >= 11 is 0. The molecule has 5 heteroatoms. The second-order valence-electron chi connectivity index (χ2n) is 5.17. The quantitative estimate of drug-likeness (QED) is 0.920. The highest BCUT2D eigenvalue weighted by Gasteiger charge is 2.33. The van der Waals surface area contributed by atoms with Gasteiger partial charge in [0.1, 0.15) is 5.76 Å². The molecule has 0 spiro atoms. The Labute approximate surface area is 121 Å². The first-order chi connectivity index (χ1) is 10.1. The third-order valence-corrected chi connectivity index (χ3v) is 3.84. The van der Waals surface area contributed by atoms with E-state index in [1.807, 2.05) is 24.3 Å². The van der Waals surface area contributed by atoms with Gasteiger partial charge in [0.25, 0.3) is 5.91 Å².